The van der Waals surface area contributed by atoms with Gasteiger partial charge in [0.05, 0.1) is 5.41 Å². The van der Waals surface area contributed by atoms with Crippen molar-refractivity contribution in [2.45, 2.75) is 50.9 Å². The molecule has 2 aromatic heterocycles. The van der Waals surface area contributed by atoms with E-state index in [0.717, 1.165) is 0 Å². The molecule has 1 saturated heterocycles. The van der Waals surface area contributed by atoms with Crippen molar-refractivity contribution >= 4 is 11.6 Å². The maximum atomic E-state index is 14.4. The van der Waals surface area contributed by atoms with Crippen molar-refractivity contribution in [3.8, 4) is 17.6 Å². The van der Waals surface area contributed by atoms with Crippen molar-refractivity contribution in [3.63, 3.8) is 0 Å². The molecule has 3 heterocycles. The predicted molar refractivity (Wildman–Crippen MR) is 115 cm³/mol. The van der Waals surface area contributed by atoms with Crippen LogP contribution in [0.15, 0.2) is 28.8 Å². The molecule has 1 aliphatic heterocycles. The van der Waals surface area contributed by atoms with E-state index in [2.05, 4.69) is 20.1 Å². The van der Waals surface area contributed by atoms with E-state index in [0.29, 0.717) is 13.0 Å². The molecule has 0 spiro atoms. The Morgan fingerprint density at radius 2 is 1.91 bits per heavy atom. The fourth-order valence-corrected chi connectivity index (χ4v) is 4.28. The van der Waals surface area contributed by atoms with Crippen LogP contribution in [0.1, 0.15) is 38.6 Å². The van der Waals surface area contributed by atoms with E-state index in [4.69, 9.17) is 20.9 Å². The van der Waals surface area contributed by atoms with Crippen molar-refractivity contribution in [1.29, 1.82) is 0 Å². The minimum atomic E-state index is -1.24. The third-order valence-corrected chi connectivity index (χ3v) is 6.03. The number of aromatic nitrogens is 4. The lowest BCUT2D eigenvalue weighted by Gasteiger charge is -2.25. The van der Waals surface area contributed by atoms with Crippen LogP contribution in [0.3, 0.4) is 0 Å². The lowest BCUT2D eigenvalue weighted by atomic mass is 9.83. The van der Waals surface area contributed by atoms with Gasteiger partial charge in [-0.25, -0.2) is 18.2 Å². The van der Waals surface area contributed by atoms with Gasteiger partial charge >= 0.3 is 0 Å². The summed E-state index contributed by atoms with van der Waals surface area (Å²) in [6.07, 6.45) is -0.913. The quantitative estimate of drug-likeness (QED) is 0.476. The molecule has 4 rings (SSSR count). The Balaban J connectivity index is 1.60. The number of likely N-dealkylation sites (tertiary alicyclic amines) is 1. The fourth-order valence-electron chi connectivity index (χ4n) is 4.11. The zero-order valence-electron chi connectivity index (χ0n) is 18.5. The number of benzene rings is 1. The normalized spacial score (nSPS) is 20.2. The molecular formula is C22H23ClF3N5O2. The van der Waals surface area contributed by atoms with Gasteiger partial charge in [0.1, 0.15) is 29.1 Å². The minimum absolute atomic E-state index is 0.00333. The molecule has 3 aromatic rings. The van der Waals surface area contributed by atoms with Crippen molar-refractivity contribution in [3.05, 3.63) is 52.4 Å². The molecule has 1 aliphatic rings. The molecule has 0 bridgehead atoms. The molecule has 1 aromatic carbocycles. The largest absolute Gasteiger partial charge is 0.473 e. The molecule has 0 N–H and O–H groups in total. The molecule has 0 amide bonds. The van der Waals surface area contributed by atoms with E-state index in [1.807, 2.05) is 18.9 Å². The van der Waals surface area contributed by atoms with Crippen molar-refractivity contribution in [1.82, 2.24) is 25.0 Å². The number of halogens is 4. The summed E-state index contributed by atoms with van der Waals surface area (Å²) in [5.74, 6) is -1.33. The van der Waals surface area contributed by atoms with Crippen molar-refractivity contribution in [2.24, 2.45) is 0 Å². The highest BCUT2D eigenvalue weighted by molar-refractivity contribution is 6.29. The maximum Gasteiger partial charge on any atom is 0.295 e. The number of alkyl halides is 1. The lowest BCUT2D eigenvalue weighted by molar-refractivity contribution is 0.117. The van der Waals surface area contributed by atoms with Crippen LogP contribution >= 0.6 is 11.6 Å². The van der Waals surface area contributed by atoms with E-state index in [9.17, 15) is 13.2 Å². The summed E-state index contributed by atoms with van der Waals surface area (Å²) in [6.45, 7) is 5.32. The fraction of sp³-hybridized carbons (Fsp3) is 0.455. The average Bonchev–Trinajstić information content (AvgIpc) is 3.34. The zero-order chi connectivity index (χ0) is 23.9. The predicted octanol–water partition coefficient (Wildman–Crippen LogP) is 4.59. The van der Waals surface area contributed by atoms with Crippen LogP contribution in [0.5, 0.6) is 5.88 Å². The van der Waals surface area contributed by atoms with Crippen molar-refractivity contribution in [2.75, 3.05) is 13.6 Å². The zero-order valence-corrected chi connectivity index (χ0v) is 19.3. The van der Waals surface area contributed by atoms with Crippen LogP contribution < -0.4 is 4.74 Å². The summed E-state index contributed by atoms with van der Waals surface area (Å²) >= 11 is 6.14. The maximum absolute atomic E-state index is 14.4. The molecule has 33 heavy (non-hydrogen) atoms. The monoisotopic (exact) mass is 481 g/mol. The first-order chi connectivity index (χ1) is 15.6. The molecule has 0 saturated carbocycles. The van der Waals surface area contributed by atoms with Gasteiger partial charge in [0.15, 0.2) is 5.82 Å². The Morgan fingerprint density at radius 1 is 1.21 bits per heavy atom. The first-order valence-corrected chi connectivity index (χ1v) is 10.8. The smallest absolute Gasteiger partial charge is 0.295 e. The molecule has 3 atom stereocenters. The van der Waals surface area contributed by atoms with Gasteiger partial charge in [-0.15, -0.1) is 0 Å². The van der Waals surface area contributed by atoms with Crippen LogP contribution in [0.4, 0.5) is 13.2 Å². The second-order valence-corrected chi connectivity index (χ2v) is 9.05. The van der Waals surface area contributed by atoms with Crippen LogP contribution in [0, 0.1) is 11.6 Å². The van der Waals surface area contributed by atoms with Gasteiger partial charge in [-0.3, -0.25) is 4.90 Å². The number of hydrogen-bond donors (Lipinski definition) is 0. The molecular weight excluding hydrogens is 459 g/mol. The van der Waals surface area contributed by atoms with Crippen LogP contribution in [-0.4, -0.2) is 56.9 Å². The molecule has 1 fully saturated rings. The van der Waals surface area contributed by atoms with Crippen LogP contribution in [0.25, 0.3) is 11.7 Å². The van der Waals surface area contributed by atoms with Crippen LogP contribution in [0.2, 0.25) is 5.15 Å². The number of ether oxygens (including phenoxy) is 1. The van der Waals surface area contributed by atoms with Gasteiger partial charge in [-0.1, -0.05) is 22.8 Å². The highest BCUT2D eigenvalue weighted by Gasteiger charge is 2.36. The molecule has 0 unspecified atom stereocenters. The van der Waals surface area contributed by atoms with E-state index >= 15 is 0 Å². The number of likely N-dealkylation sites (N-methyl/N-ethyl adjacent to an activating group) is 1. The molecule has 11 heteroatoms. The summed E-state index contributed by atoms with van der Waals surface area (Å²) in [7, 11) is 1.84. The first-order valence-electron chi connectivity index (χ1n) is 10.4. The standard InChI is InChI=1S/C22H23ClF3N5O2/c1-11(15-8-12(24)10-31(15)4)32-17-9-16(23)27-19(28-17)20-29-21(30-33-20)22(2,3)18-13(25)6-5-7-14(18)26/h5-7,9,11-12,15H,8,10H2,1-4H3/t11-,12+,15-/m0/s1. The topological polar surface area (TPSA) is 77.2 Å². The van der Waals surface area contributed by atoms with Crippen molar-refractivity contribution < 1.29 is 22.4 Å². The van der Waals surface area contributed by atoms with Gasteiger partial charge in [-0.2, -0.15) is 9.97 Å². The summed E-state index contributed by atoms with van der Waals surface area (Å²) in [4.78, 5) is 14.5. The Labute approximate surface area is 193 Å². The first kappa shape index (κ1) is 23.4. The summed E-state index contributed by atoms with van der Waals surface area (Å²) in [6, 6.07) is 4.92. The third-order valence-electron chi connectivity index (χ3n) is 5.83. The highest BCUT2D eigenvalue weighted by Crippen LogP contribution is 2.34. The van der Waals surface area contributed by atoms with E-state index in [-0.39, 0.29) is 46.3 Å². The highest BCUT2D eigenvalue weighted by atomic mass is 35.5. The van der Waals surface area contributed by atoms with Gasteiger partial charge < -0.3 is 9.26 Å². The van der Waals surface area contributed by atoms with Gasteiger partial charge in [0.2, 0.25) is 11.7 Å². The third kappa shape index (κ3) is 4.67. The van der Waals surface area contributed by atoms with Gasteiger partial charge in [0.25, 0.3) is 5.89 Å². The van der Waals surface area contributed by atoms with E-state index in [1.54, 1.807) is 13.8 Å². The van der Waals surface area contributed by atoms with E-state index in [1.165, 1.54) is 24.3 Å². The van der Waals surface area contributed by atoms with E-state index < -0.39 is 23.2 Å². The Bertz CT molecular complexity index is 1140. The molecule has 0 radical (unpaired) electrons. The van der Waals surface area contributed by atoms with Gasteiger partial charge in [0, 0.05) is 24.2 Å². The molecule has 0 aliphatic carbocycles. The average molecular weight is 482 g/mol. The molecule has 7 nitrogen and oxygen atoms in total. The SMILES string of the molecule is C[C@H](Oc1cc(Cl)nc(-c2nc(C(C)(C)c3c(F)cccc3F)no2)n1)[C@@H]1C[C@@H](F)CN1C. The number of hydrogen-bond acceptors (Lipinski definition) is 7. The molecule has 176 valence electrons. The Morgan fingerprint density at radius 3 is 2.55 bits per heavy atom. The summed E-state index contributed by atoms with van der Waals surface area (Å²) in [5.41, 5.74) is -1.42. The Hall–Kier alpha value is -2.72. The Kier molecular flexibility index (Phi) is 6.32. The summed E-state index contributed by atoms with van der Waals surface area (Å²) < 4.78 is 53.6. The second kappa shape index (κ2) is 8.90. The minimum Gasteiger partial charge on any atom is -0.473 e. The summed E-state index contributed by atoms with van der Waals surface area (Å²) in [5, 5.41) is 3.97. The number of rotatable bonds is 6. The second-order valence-electron chi connectivity index (χ2n) is 8.66. The lowest BCUT2D eigenvalue weighted by Crippen LogP contribution is -2.38. The van der Waals surface area contributed by atoms with Crippen LogP contribution in [-0.2, 0) is 5.41 Å². The van der Waals surface area contributed by atoms with Gasteiger partial charge in [-0.05, 0) is 46.4 Å². The number of nitrogens with zero attached hydrogens (tertiary/aromatic N) is 5.